The van der Waals surface area contributed by atoms with Crippen LogP contribution in [-0.2, 0) is 13.0 Å². The second kappa shape index (κ2) is 11.8. The van der Waals surface area contributed by atoms with E-state index in [1.165, 1.54) is 5.56 Å². The van der Waals surface area contributed by atoms with E-state index in [4.69, 9.17) is 9.47 Å². The highest BCUT2D eigenvalue weighted by Crippen LogP contribution is 2.28. The summed E-state index contributed by atoms with van der Waals surface area (Å²) in [5, 5.41) is 6.63. The number of hydrogen-bond donors (Lipinski definition) is 2. The molecule has 6 nitrogen and oxygen atoms in total. The second-order valence-electron chi connectivity index (χ2n) is 5.84. The molecule has 0 radical (unpaired) electrons. The third kappa shape index (κ3) is 7.17. The van der Waals surface area contributed by atoms with Gasteiger partial charge < -0.3 is 20.1 Å². The lowest BCUT2D eigenvalue weighted by Gasteiger charge is -2.14. The van der Waals surface area contributed by atoms with Gasteiger partial charge in [0.25, 0.3) is 0 Å². The summed E-state index contributed by atoms with van der Waals surface area (Å²) in [4.78, 5) is 8.89. The number of rotatable bonds is 10. The van der Waals surface area contributed by atoms with E-state index in [1.54, 1.807) is 6.20 Å². The maximum atomic E-state index is 5.70. The fraction of sp³-hybridized carbons (Fsp3) is 0.429. The van der Waals surface area contributed by atoms with E-state index in [-0.39, 0.29) is 0 Å². The van der Waals surface area contributed by atoms with Gasteiger partial charge in [-0.15, -0.1) is 0 Å². The van der Waals surface area contributed by atoms with Gasteiger partial charge in [-0.3, -0.25) is 4.98 Å². The van der Waals surface area contributed by atoms with Crippen LogP contribution >= 0.6 is 0 Å². The summed E-state index contributed by atoms with van der Waals surface area (Å²) in [6.45, 7) is 9.38. The molecule has 2 N–H and O–H groups in total. The van der Waals surface area contributed by atoms with Crippen LogP contribution in [0, 0.1) is 0 Å². The highest BCUT2D eigenvalue weighted by Gasteiger charge is 2.06. The number of aliphatic imine (C=N–C) groups is 1. The molecule has 1 heterocycles. The van der Waals surface area contributed by atoms with Gasteiger partial charge in [-0.2, -0.15) is 0 Å². The summed E-state index contributed by atoms with van der Waals surface area (Å²) < 4.78 is 11.3. The molecule has 0 amide bonds. The summed E-state index contributed by atoms with van der Waals surface area (Å²) in [5.41, 5.74) is 2.14. The van der Waals surface area contributed by atoms with Crippen molar-refractivity contribution in [1.82, 2.24) is 15.6 Å². The Labute approximate surface area is 162 Å². The predicted octanol–water partition coefficient (Wildman–Crippen LogP) is 3.18. The highest BCUT2D eigenvalue weighted by atomic mass is 16.5. The van der Waals surface area contributed by atoms with Crippen LogP contribution in [0.5, 0.6) is 11.5 Å². The molecule has 0 aliphatic rings. The molecule has 2 rings (SSSR count). The van der Waals surface area contributed by atoms with Crippen molar-refractivity contribution >= 4 is 5.96 Å². The Kier molecular flexibility index (Phi) is 8.96. The number of benzene rings is 1. The number of hydrogen-bond acceptors (Lipinski definition) is 4. The molecule has 0 spiro atoms. The third-order valence-electron chi connectivity index (χ3n) is 3.78. The van der Waals surface area contributed by atoms with Gasteiger partial charge in [-0.05, 0) is 57.0 Å². The molecular formula is C21H30N4O2. The van der Waals surface area contributed by atoms with Crippen LogP contribution in [0.25, 0.3) is 0 Å². The zero-order chi connectivity index (χ0) is 19.3. The highest BCUT2D eigenvalue weighted by molar-refractivity contribution is 5.79. The van der Waals surface area contributed by atoms with Crippen molar-refractivity contribution in [2.24, 2.45) is 4.99 Å². The van der Waals surface area contributed by atoms with Crippen molar-refractivity contribution in [3.8, 4) is 11.5 Å². The Balaban J connectivity index is 1.92. The quantitative estimate of drug-likeness (QED) is 0.497. The molecule has 0 saturated carbocycles. The zero-order valence-corrected chi connectivity index (χ0v) is 16.5. The van der Waals surface area contributed by atoms with E-state index in [2.05, 4.69) is 33.6 Å². The van der Waals surface area contributed by atoms with E-state index in [9.17, 15) is 0 Å². The SMILES string of the molecule is CCNC(=NCc1ccccn1)NCCc1ccc(OCC)c(OCC)c1. The maximum absolute atomic E-state index is 5.70. The fourth-order valence-electron chi connectivity index (χ4n) is 2.57. The van der Waals surface area contributed by atoms with Crippen LogP contribution in [0.2, 0.25) is 0 Å². The molecule has 27 heavy (non-hydrogen) atoms. The summed E-state index contributed by atoms with van der Waals surface area (Å²) in [5.74, 6) is 2.38. The Morgan fingerprint density at radius 2 is 1.81 bits per heavy atom. The molecule has 0 fully saturated rings. The number of nitrogens with zero attached hydrogens (tertiary/aromatic N) is 2. The molecular weight excluding hydrogens is 340 g/mol. The van der Waals surface area contributed by atoms with Crippen molar-refractivity contribution in [2.45, 2.75) is 33.7 Å². The minimum absolute atomic E-state index is 0.549. The van der Waals surface area contributed by atoms with Gasteiger partial charge in [-0.1, -0.05) is 12.1 Å². The lowest BCUT2D eigenvalue weighted by Crippen LogP contribution is -2.38. The van der Waals surface area contributed by atoms with Crippen LogP contribution < -0.4 is 20.1 Å². The van der Waals surface area contributed by atoms with Crippen LogP contribution in [-0.4, -0.2) is 37.2 Å². The fourth-order valence-corrected chi connectivity index (χ4v) is 2.57. The number of ether oxygens (including phenoxy) is 2. The first-order chi connectivity index (χ1) is 13.3. The molecule has 1 aromatic carbocycles. The van der Waals surface area contributed by atoms with Gasteiger partial charge in [0.2, 0.25) is 0 Å². The first kappa shape index (κ1) is 20.6. The van der Waals surface area contributed by atoms with Gasteiger partial charge >= 0.3 is 0 Å². The Morgan fingerprint density at radius 3 is 2.52 bits per heavy atom. The minimum atomic E-state index is 0.549. The van der Waals surface area contributed by atoms with Crippen molar-refractivity contribution < 1.29 is 9.47 Å². The summed E-state index contributed by atoms with van der Waals surface area (Å²) in [6, 6.07) is 12.0. The monoisotopic (exact) mass is 370 g/mol. The van der Waals surface area contributed by atoms with Crippen molar-refractivity contribution in [3.63, 3.8) is 0 Å². The number of nitrogens with one attached hydrogen (secondary N) is 2. The van der Waals surface area contributed by atoms with Gasteiger partial charge in [0.1, 0.15) is 0 Å². The predicted molar refractivity (Wildman–Crippen MR) is 110 cm³/mol. The lowest BCUT2D eigenvalue weighted by molar-refractivity contribution is 0.287. The van der Waals surface area contributed by atoms with Crippen molar-refractivity contribution in [3.05, 3.63) is 53.9 Å². The largest absolute Gasteiger partial charge is 0.490 e. The summed E-state index contributed by atoms with van der Waals surface area (Å²) in [6.07, 6.45) is 2.65. The topological polar surface area (TPSA) is 67.8 Å². The van der Waals surface area contributed by atoms with E-state index in [0.717, 1.165) is 42.7 Å². The average molecular weight is 370 g/mol. The molecule has 0 bridgehead atoms. The molecule has 0 atom stereocenters. The van der Waals surface area contributed by atoms with E-state index < -0.39 is 0 Å². The van der Waals surface area contributed by atoms with Gasteiger partial charge in [0.15, 0.2) is 17.5 Å². The van der Waals surface area contributed by atoms with Gasteiger partial charge in [0, 0.05) is 19.3 Å². The van der Waals surface area contributed by atoms with Crippen LogP contribution in [0.15, 0.2) is 47.6 Å². The van der Waals surface area contributed by atoms with E-state index in [1.807, 2.05) is 44.2 Å². The second-order valence-corrected chi connectivity index (χ2v) is 5.84. The molecule has 0 saturated heterocycles. The third-order valence-corrected chi connectivity index (χ3v) is 3.78. The molecule has 2 aromatic rings. The average Bonchev–Trinajstić information content (AvgIpc) is 2.69. The number of guanidine groups is 1. The molecule has 146 valence electrons. The Hall–Kier alpha value is -2.76. The molecule has 1 aromatic heterocycles. The number of pyridine rings is 1. The van der Waals surface area contributed by atoms with E-state index in [0.29, 0.717) is 19.8 Å². The van der Waals surface area contributed by atoms with Gasteiger partial charge in [0.05, 0.1) is 25.5 Å². The molecule has 6 heteroatoms. The van der Waals surface area contributed by atoms with Crippen molar-refractivity contribution in [2.75, 3.05) is 26.3 Å². The minimum Gasteiger partial charge on any atom is -0.490 e. The normalized spacial score (nSPS) is 11.1. The molecule has 0 aliphatic carbocycles. The first-order valence-corrected chi connectivity index (χ1v) is 9.57. The van der Waals surface area contributed by atoms with Gasteiger partial charge in [-0.25, -0.2) is 4.99 Å². The lowest BCUT2D eigenvalue weighted by atomic mass is 10.1. The zero-order valence-electron chi connectivity index (χ0n) is 16.5. The van der Waals surface area contributed by atoms with E-state index >= 15 is 0 Å². The smallest absolute Gasteiger partial charge is 0.191 e. The van der Waals surface area contributed by atoms with Crippen LogP contribution in [0.1, 0.15) is 32.0 Å². The molecule has 0 aliphatic heterocycles. The standard InChI is InChI=1S/C21H30N4O2/c1-4-22-21(25-16-18-9-7-8-13-23-18)24-14-12-17-10-11-19(26-5-2)20(15-17)27-6-3/h7-11,13,15H,4-6,12,14,16H2,1-3H3,(H2,22,24,25). The first-order valence-electron chi connectivity index (χ1n) is 9.57. The maximum Gasteiger partial charge on any atom is 0.191 e. The van der Waals surface area contributed by atoms with Crippen LogP contribution in [0.4, 0.5) is 0 Å². The summed E-state index contributed by atoms with van der Waals surface area (Å²) >= 11 is 0. The molecule has 0 unspecified atom stereocenters. The Bertz CT molecular complexity index is 705. The van der Waals surface area contributed by atoms with Crippen LogP contribution in [0.3, 0.4) is 0 Å². The summed E-state index contributed by atoms with van der Waals surface area (Å²) in [7, 11) is 0. The number of aromatic nitrogens is 1. The van der Waals surface area contributed by atoms with Crippen molar-refractivity contribution in [1.29, 1.82) is 0 Å². The Morgan fingerprint density at radius 1 is 1.00 bits per heavy atom.